The van der Waals surface area contributed by atoms with Crippen LogP contribution in [0.3, 0.4) is 0 Å². The lowest BCUT2D eigenvalue weighted by molar-refractivity contribution is -0.118. The van der Waals surface area contributed by atoms with Crippen molar-refractivity contribution in [3.05, 3.63) is 42.5 Å². The van der Waals surface area contributed by atoms with Crippen molar-refractivity contribution in [1.82, 2.24) is 0 Å². The van der Waals surface area contributed by atoms with E-state index in [0.717, 1.165) is 0 Å². The van der Waals surface area contributed by atoms with E-state index >= 15 is 0 Å². The highest BCUT2D eigenvalue weighted by molar-refractivity contribution is 5.93. The number of nitrogens with one attached hydrogen (secondary N) is 1. The number of carbonyl (C=O) groups excluding carboxylic acids is 1. The van der Waals surface area contributed by atoms with Crippen molar-refractivity contribution >= 4 is 11.6 Å². The number of methoxy groups -OCH3 is 3. The molecule has 2 aromatic rings. The minimum Gasteiger partial charge on any atom is -0.497 e. The smallest absolute Gasteiger partial charge is 0.262 e. The second kappa shape index (κ2) is 7.93. The minimum atomic E-state index is -0.306. The van der Waals surface area contributed by atoms with Crippen molar-refractivity contribution in [3.8, 4) is 23.0 Å². The third-order valence-corrected chi connectivity index (χ3v) is 3.09. The Balaban J connectivity index is 1.99. The largest absolute Gasteiger partial charge is 0.497 e. The predicted octanol–water partition coefficient (Wildman–Crippen LogP) is 2.73. The van der Waals surface area contributed by atoms with Crippen LogP contribution in [0.4, 0.5) is 5.69 Å². The Bertz CT molecular complexity index is 672. The molecule has 0 heterocycles. The van der Waals surface area contributed by atoms with Gasteiger partial charge in [0.1, 0.15) is 23.0 Å². The van der Waals surface area contributed by atoms with Gasteiger partial charge in [-0.15, -0.1) is 0 Å². The van der Waals surface area contributed by atoms with Gasteiger partial charge in [-0.3, -0.25) is 4.79 Å². The molecule has 0 atom stereocenters. The summed E-state index contributed by atoms with van der Waals surface area (Å²) in [5.74, 6) is 2.07. The van der Waals surface area contributed by atoms with Crippen LogP contribution < -0.4 is 24.3 Å². The van der Waals surface area contributed by atoms with E-state index < -0.39 is 0 Å². The molecule has 0 aliphatic heterocycles. The fourth-order valence-corrected chi connectivity index (χ4v) is 1.94. The van der Waals surface area contributed by atoms with Gasteiger partial charge in [-0.25, -0.2) is 0 Å². The van der Waals surface area contributed by atoms with Crippen LogP contribution in [0.15, 0.2) is 42.5 Å². The standard InChI is InChI=1S/C17H19NO5/c1-20-12-5-4-6-14(9-12)23-11-17(19)18-15-10-13(21-2)7-8-16(15)22-3/h4-10H,11H2,1-3H3,(H,18,19). The summed E-state index contributed by atoms with van der Waals surface area (Å²) in [6.45, 7) is -0.131. The van der Waals surface area contributed by atoms with Gasteiger partial charge in [0.15, 0.2) is 6.61 Å². The summed E-state index contributed by atoms with van der Waals surface area (Å²) in [5.41, 5.74) is 0.520. The van der Waals surface area contributed by atoms with Crippen LogP contribution in [0.1, 0.15) is 0 Å². The Hall–Kier alpha value is -2.89. The second-order valence-corrected chi connectivity index (χ2v) is 4.58. The first-order chi connectivity index (χ1) is 11.2. The Kier molecular flexibility index (Phi) is 5.68. The monoisotopic (exact) mass is 317 g/mol. The van der Waals surface area contributed by atoms with Gasteiger partial charge in [0.2, 0.25) is 0 Å². The average molecular weight is 317 g/mol. The van der Waals surface area contributed by atoms with Crippen LogP contribution in [0.2, 0.25) is 0 Å². The molecule has 6 nitrogen and oxygen atoms in total. The van der Waals surface area contributed by atoms with Crippen LogP contribution in [0.25, 0.3) is 0 Å². The lowest BCUT2D eigenvalue weighted by Crippen LogP contribution is -2.20. The highest BCUT2D eigenvalue weighted by atomic mass is 16.5. The molecule has 0 saturated carbocycles. The summed E-state index contributed by atoms with van der Waals surface area (Å²) in [5, 5.41) is 2.73. The Morgan fingerprint density at radius 1 is 0.913 bits per heavy atom. The first-order valence-corrected chi connectivity index (χ1v) is 6.95. The fraction of sp³-hybridized carbons (Fsp3) is 0.235. The number of ether oxygens (including phenoxy) is 4. The van der Waals surface area contributed by atoms with Crippen LogP contribution >= 0.6 is 0 Å². The number of carbonyl (C=O) groups is 1. The zero-order chi connectivity index (χ0) is 16.7. The summed E-state index contributed by atoms with van der Waals surface area (Å²) in [4.78, 5) is 12.0. The van der Waals surface area contributed by atoms with E-state index in [1.807, 2.05) is 0 Å². The van der Waals surface area contributed by atoms with Crippen molar-refractivity contribution in [2.24, 2.45) is 0 Å². The topological polar surface area (TPSA) is 66.0 Å². The van der Waals surface area contributed by atoms with Gasteiger partial charge in [0, 0.05) is 12.1 Å². The molecule has 122 valence electrons. The zero-order valence-electron chi connectivity index (χ0n) is 13.3. The Labute approximate surface area is 134 Å². The first kappa shape index (κ1) is 16.5. The van der Waals surface area contributed by atoms with Crippen molar-refractivity contribution < 1.29 is 23.7 Å². The molecule has 0 aromatic heterocycles. The maximum absolute atomic E-state index is 12.0. The molecule has 2 rings (SSSR count). The molecule has 1 amide bonds. The highest BCUT2D eigenvalue weighted by Crippen LogP contribution is 2.28. The number of anilines is 1. The van der Waals surface area contributed by atoms with E-state index in [2.05, 4.69) is 5.32 Å². The van der Waals surface area contributed by atoms with Crippen molar-refractivity contribution in [3.63, 3.8) is 0 Å². The quantitative estimate of drug-likeness (QED) is 0.850. The van der Waals surface area contributed by atoms with Crippen LogP contribution in [0, 0.1) is 0 Å². The van der Waals surface area contributed by atoms with Crippen LogP contribution in [0.5, 0.6) is 23.0 Å². The molecular formula is C17H19NO5. The highest BCUT2D eigenvalue weighted by Gasteiger charge is 2.10. The summed E-state index contributed by atoms with van der Waals surface area (Å²) in [7, 11) is 4.66. The number of hydrogen-bond donors (Lipinski definition) is 1. The molecule has 2 aromatic carbocycles. The summed E-state index contributed by atoms with van der Waals surface area (Å²) in [6, 6.07) is 12.2. The molecule has 0 unspecified atom stereocenters. The first-order valence-electron chi connectivity index (χ1n) is 6.95. The minimum absolute atomic E-state index is 0.131. The predicted molar refractivity (Wildman–Crippen MR) is 86.7 cm³/mol. The zero-order valence-corrected chi connectivity index (χ0v) is 13.3. The molecule has 0 aliphatic rings. The molecule has 0 fully saturated rings. The molecular weight excluding hydrogens is 298 g/mol. The maximum atomic E-state index is 12.0. The lowest BCUT2D eigenvalue weighted by Gasteiger charge is -2.12. The molecule has 0 spiro atoms. The second-order valence-electron chi connectivity index (χ2n) is 4.58. The van der Waals surface area contributed by atoms with Gasteiger partial charge < -0.3 is 24.3 Å². The molecule has 0 saturated heterocycles. The normalized spacial score (nSPS) is 9.87. The Morgan fingerprint density at radius 3 is 2.30 bits per heavy atom. The van der Waals surface area contributed by atoms with Gasteiger partial charge in [-0.05, 0) is 24.3 Å². The van der Waals surface area contributed by atoms with Gasteiger partial charge >= 0.3 is 0 Å². The summed E-state index contributed by atoms with van der Waals surface area (Å²) in [6.07, 6.45) is 0. The Morgan fingerprint density at radius 2 is 1.61 bits per heavy atom. The summed E-state index contributed by atoms with van der Waals surface area (Å²) >= 11 is 0. The molecule has 23 heavy (non-hydrogen) atoms. The third kappa shape index (κ3) is 4.54. The van der Waals surface area contributed by atoms with Crippen molar-refractivity contribution in [2.75, 3.05) is 33.3 Å². The third-order valence-electron chi connectivity index (χ3n) is 3.09. The van der Waals surface area contributed by atoms with E-state index in [0.29, 0.717) is 28.7 Å². The lowest BCUT2D eigenvalue weighted by atomic mass is 10.2. The number of rotatable bonds is 7. The van der Waals surface area contributed by atoms with Crippen molar-refractivity contribution in [2.45, 2.75) is 0 Å². The van der Waals surface area contributed by atoms with E-state index in [1.165, 1.54) is 7.11 Å². The van der Waals surface area contributed by atoms with E-state index in [4.69, 9.17) is 18.9 Å². The van der Waals surface area contributed by atoms with Crippen molar-refractivity contribution in [1.29, 1.82) is 0 Å². The maximum Gasteiger partial charge on any atom is 0.262 e. The average Bonchev–Trinajstić information content (AvgIpc) is 2.60. The van der Waals surface area contributed by atoms with Crippen LogP contribution in [-0.4, -0.2) is 33.8 Å². The molecule has 0 aliphatic carbocycles. The van der Waals surface area contributed by atoms with Gasteiger partial charge in [-0.1, -0.05) is 6.07 Å². The van der Waals surface area contributed by atoms with E-state index in [9.17, 15) is 4.79 Å². The molecule has 6 heteroatoms. The molecule has 0 radical (unpaired) electrons. The van der Waals surface area contributed by atoms with Crippen LogP contribution in [-0.2, 0) is 4.79 Å². The van der Waals surface area contributed by atoms with Gasteiger partial charge in [0.25, 0.3) is 5.91 Å². The number of amides is 1. The van der Waals surface area contributed by atoms with Gasteiger partial charge in [0.05, 0.1) is 27.0 Å². The SMILES string of the molecule is COc1cccc(OCC(=O)Nc2cc(OC)ccc2OC)c1. The molecule has 1 N–H and O–H groups in total. The van der Waals surface area contributed by atoms with E-state index in [-0.39, 0.29) is 12.5 Å². The number of hydrogen-bond acceptors (Lipinski definition) is 5. The summed E-state index contributed by atoms with van der Waals surface area (Å²) < 4.78 is 20.9. The fourth-order valence-electron chi connectivity index (χ4n) is 1.94. The van der Waals surface area contributed by atoms with E-state index in [1.54, 1.807) is 56.7 Å². The van der Waals surface area contributed by atoms with Gasteiger partial charge in [-0.2, -0.15) is 0 Å². The molecule has 0 bridgehead atoms. The number of benzene rings is 2.